The summed E-state index contributed by atoms with van der Waals surface area (Å²) in [5.41, 5.74) is 0. The second kappa shape index (κ2) is 5.46. The molecule has 0 radical (unpaired) electrons. The van der Waals surface area contributed by atoms with Gasteiger partial charge in [-0.25, -0.2) is 4.39 Å². The molecule has 0 aliphatic heterocycles. The number of aliphatic hydroxyl groups excluding tert-OH is 1. The van der Waals surface area contributed by atoms with Gasteiger partial charge in [-0.1, -0.05) is 6.92 Å². The van der Waals surface area contributed by atoms with Crippen molar-refractivity contribution in [3.05, 3.63) is 35.0 Å². The smallest absolute Gasteiger partial charge is 0.261 e. The van der Waals surface area contributed by atoms with E-state index < -0.39 is 6.10 Å². The zero-order chi connectivity index (χ0) is 13.1. The molecule has 3 nitrogen and oxygen atoms in total. The van der Waals surface area contributed by atoms with Crippen molar-refractivity contribution in [2.75, 3.05) is 6.54 Å². The number of carbonyl (C=O) groups is 1. The Bertz CT molecular complexity index is 567. The van der Waals surface area contributed by atoms with Gasteiger partial charge in [0, 0.05) is 11.2 Å². The zero-order valence-corrected chi connectivity index (χ0v) is 10.8. The topological polar surface area (TPSA) is 49.3 Å². The van der Waals surface area contributed by atoms with Gasteiger partial charge < -0.3 is 10.4 Å². The van der Waals surface area contributed by atoms with Crippen molar-refractivity contribution in [2.24, 2.45) is 0 Å². The predicted molar refractivity (Wildman–Crippen MR) is 70.4 cm³/mol. The van der Waals surface area contributed by atoms with Gasteiger partial charge in [-0.15, -0.1) is 11.3 Å². The van der Waals surface area contributed by atoms with Gasteiger partial charge in [0.2, 0.25) is 0 Å². The number of carbonyl (C=O) groups excluding carboxylic acids is 1. The molecule has 1 atom stereocenters. The van der Waals surface area contributed by atoms with Crippen LogP contribution in [-0.4, -0.2) is 23.7 Å². The zero-order valence-electron chi connectivity index (χ0n) is 9.94. The van der Waals surface area contributed by atoms with E-state index in [2.05, 4.69) is 5.32 Å². The van der Waals surface area contributed by atoms with E-state index in [4.69, 9.17) is 0 Å². The number of halogens is 1. The summed E-state index contributed by atoms with van der Waals surface area (Å²) >= 11 is 1.31. The fourth-order valence-electron chi connectivity index (χ4n) is 1.57. The Labute approximate surface area is 108 Å². The van der Waals surface area contributed by atoms with E-state index >= 15 is 0 Å². The molecule has 0 aliphatic carbocycles. The van der Waals surface area contributed by atoms with E-state index in [0.717, 1.165) is 10.1 Å². The highest BCUT2D eigenvalue weighted by molar-refractivity contribution is 7.20. The lowest BCUT2D eigenvalue weighted by Crippen LogP contribution is -2.31. The highest BCUT2D eigenvalue weighted by Gasteiger charge is 2.11. The number of benzene rings is 1. The first-order valence-electron chi connectivity index (χ1n) is 5.75. The molecular formula is C13H14FNO2S. The van der Waals surface area contributed by atoms with Gasteiger partial charge in [-0.2, -0.15) is 0 Å². The maximum atomic E-state index is 13.0. The molecule has 1 heterocycles. The van der Waals surface area contributed by atoms with Crippen LogP contribution in [0.4, 0.5) is 4.39 Å². The summed E-state index contributed by atoms with van der Waals surface area (Å²) < 4.78 is 13.9. The minimum absolute atomic E-state index is 0.232. The van der Waals surface area contributed by atoms with E-state index in [1.807, 2.05) is 6.92 Å². The molecule has 2 rings (SSSR count). The van der Waals surface area contributed by atoms with Crippen molar-refractivity contribution in [1.82, 2.24) is 5.32 Å². The van der Waals surface area contributed by atoms with Crippen LogP contribution in [0.2, 0.25) is 0 Å². The number of thiophene rings is 1. The Morgan fingerprint density at radius 3 is 3.00 bits per heavy atom. The summed E-state index contributed by atoms with van der Waals surface area (Å²) in [4.78, 5) is 12.3. The van der Waals surface area contributed by atoms with E-state index in [0.29, 0.717) is 11.3 Å². The molecule has 1 amide bonds. The maximum absolute atomic E-state index is 13.0. The van der Waals surface area contributed by atoms with Crippen molar-refractivity contribution < 1.29 is 14.3 Å². The van der Waals surface area contributed by atoms with Crippen LogP contribution < -0.4 is 5.32 Å². The van der Waals surface area contributed by atoms with Crippen LogP contribution >= 0.6 is 11.3 Å². The lowest BCUT2D eigenvalue weighted by molar-refractivity contribution is 0.0918. The number of nitrogens with one attached hydrogen (secondary N) is 1. The molecule has 1 aromatic heterocycles. The fraction of sp³-hybridized carbons (Fsp3) is 0.308. The van der Waals surface area contributed by atoms with E-state index in [9.17, 15) is 14.3 Å². The van der Waals surface area contributed by atoms with Crippen molar-refractivity contribution >= 4 is 27.3 Å². The summed E-state index contributed by atoms with van der Waals surface area (Å²) in [5.74, 6) is -0.544. The second-order valence-electron chi connectivity index (χ2n) is 4.06. The number of aliphatic hydroxyl groups is 1. The van der Waals surface area contributed by atoms with Gasteiger partial charge >= 0.3 is 0 Å². The standard InChI is InChI=1S/C13H14FNO2S/c1-2-10(16)7-15-13(17)12-6-8-5-9(14)3-4-11(8)18-12/h3-6,10,16H,2,7H2,1H3,(H,15,17). The third-order valence-electron chi connectivity index (χ3n) is 2.67. The number of rotatable bonds is 4. The highest BCUT2D eigenvalue weighted by atomic mass is 32.1. The van der Waals surface area contributed by atoms with Crippen LogP contribution in [0.1, 0.15) is 23.0 Å². The van der Waals surface area contributed by atoms with Crippen LogP contribution in [0.25, 0.3) is 10.1 Å². The highest BCUT2D eigenvalue weighted by Crippen LogP contribution is 2.26. The fourth-order valence-corrected chi connectivity index (χ4v) is 2.53. The molecule has 0 saturated heterocycles. The summed E-state index contributed by atoms with van der Waals surface area (Å²) in [6.45, 7) is 2.08. The third kappa shape index (κ3) is 2.86. The average Bonchev–Trinajstić information content (AvgIpc) is 2.78. The first-order chi connectivity index (χ1) is 8.60. The molecular weight excluding hydrogens is 253 g/mol. The summed E-state index contributed by atoms with van der Waals surface area (Å²) in [6.07, 6.45) is 0.0681. The molecule has 0 saturated carbocycles. The molecule has 2 aromatic rings. The molecule has 0 fully saturated rings. The molecule has 18 heavy (non-hydrogen) atoms. The number of hydrogen-bond acceptors (Lipinski definition) is 3. The van der Waals surface area contributed by atoms with Gasteiger partial charge in [0.25, 0.3) is 5.91 Å². The number of fused-ring (bicyclic) bond motifs is 1. The summed E-state index contributed by atoms with van der Waals surface area (Å²) in [7, 11) is 0. The normalized spacial score (nSPS) is 12.6. The van der Waals surface area contributed by atoms with Crippen molar-refractivity contribution in [2.45, 2.75) is 19.4 Å². The Hall–Kier alpha value is -1.46. The van der Waals surface area contributed by atoms with E-state index in [1.54, 1.807) is 12.1 Å². The second-order valence-corrected chi connectivity index (χ2v) is 5.15. The van der Waals surface area contributed by atoms with Crippen LogP contribution in [0, 0.1) is 5.82 Å². The molecule has 5 heteroatoms. The Balaban J connectivity index is 2.13. The van der Waals surface area contributed by atoms with Crippen molar-refractivity contribution in [3.8, 4) is 0 Å². The summed E-state index contributed by atoms with van der Waals surface area (Å²) in [5, 5.41) is 12.7. The minimum Gasteiger partial charge on any atom is -0.391 e. The minimum atomic E-state index is -0.527. The SMILES string of the molecule is CCC(O)CNC(=O)c1cc2cc(F)ccc2s1. The van der Waals surface area contributed by atoms with Crippen LogP contribution in [0.5, 0.6) is 0 Å². The quantitative estimate of drug-likeness (QED) is 0.894. The maximum Gasteiger partial charge on any atom is 0.261 e. The Morgan fingerprint density at radius 2 is 2.28 bits per heavy atom. The van der Waals surface area contributed by atoms with Gasteiger partial charge in [0.1, 0.15) is 5.82 Å². The molecule has 1 aromatic carbocycles. The molecule has 0 bridgehead atoms. The first-order valence-corrected chi connectivity index (χ1v) is 6.57. The van der Waals surface area contributed by atoms with Gasteiger partial charge in [0.15, 0.2) is 0 Å². The van der Waals surface area contributed by atoms with Crippen molar-refractivity contribution in [3.63, 3.8) is 0 Å². The summed E-state index contributed by atoms with van der Waals surface area (Å²) in [6, 6.07) is 6.11. The Kier molecular flexibility index (Phi) is 3.93. The average molecular weight is 267 g/mol. The predicted octanol–water partition coefficient (Wildman–Crippen LogP) is 2.54. The largest absolute Gasteiger partial charge is 0.391 e. The Morgan fingerprint density at radius 1 is 1.50 bits per heavy atom. The number of hydrogen-bond donors (Lipinski definition) is 2. The van der Waals surface area contributed by atoms with E-state index in [-0.39, 0.29) is 18.3 Å². The molecule has 1 unspecified atom stereocenters. The van der Waals surface area contributed by atoms with E-state index in [1.165, 1.54) is 23.5 Å². The first kappa shape index (κ1) is 13.0. The molecule has 2 N–H and O–H groups in total. The molecule has 0 spiro atoms. The number of amides is 1. The molecule has 96 valence electrons. The van der Waals surface area contributed by atoms with Gasteiger partial charge in [0.05, 0.1) is 11.0 Å². The van der Waals surface area contributed by atoms with Crippen molar-refractivity contribution in [1.29, 1.82) is 0 Å². The lowest BCUT2D eigenvalue weighted by atomic mass is 10.2. The van der Waals surface area contributed by atoms with Gasteiger partial charge in [-0.3, -0.25) is 4.79 Å². The third-order valence-corrected chi connectivity index (χ3v) is 3.79. The molecule has 0 aliphatic rings. The van der Waals surface area contributed by atoms with Crippen LogP contribution in [-0.2, 0) is 0 Å². The van der Waals surface area contributed by atoms with Crippen LogP contribution in [0.15, 0.2) is 24.3 Å². The monoisotopic (exact) mass is 267 g/mol. The lowest BCUT2D eigenvalue weighted by Gasteiger charge is -2.07. The van der Waals surface area contributed by atoms with Crippen LogP contribution in [0.3, 0.4) is 0 Å². The van der Waals surface area contributed by atoms with Gasteiger partial charge in [-0.05, 0) is 36.1 Å².